The third kappa shape index (κ3) is 2.01. The monoisotopic (exact) mass is 250 g/mol. The molecule has 100 valence electrons. The van der Waals surface area contributed by atoms with E-state index in [1.54, 1.807) is 0 Å². The Labute approximate surface area is 108 Å². The lowest BCUT2D eigenvalue weighted by molar-refractivity contribution is -0.137. The molecule has 2 aliphatic rings. The van der Waals surface area contributed by atoms with Crippen molar-refractivity contribution in [3.05, 3.63) is 24.3 Å². The number of hydrogen-bond acceptors (Lipinski definition) is 2. The summed E-state index contributed by atoms with van der Waals surface area (Å²) in [5.41, 5.74) is 0.0272. The lowest BCUT2D eigenvalue weighted by Gasteiger charge is -2.51. The molecule has 0 aromatic rings. The van der Waals surface area contributed by atoms with Gasteiger partial charge in [0.2, 0.25) is 0 Å². The van der Waals surface area contributed by atoms with Gasteiger partial charge in [-0.15, -0.1) is 0 Å². The van der Waals surface area contributed by atoms with Crippen LogP contribution in [0, 0.1) is 11.3 Å². The molecular weight excluding hydrogens is 228 g/mol. The molecule has 0 spiro atoms. The SMILES string of the molecule is C=C1CCC[C@@]2(C)CC[C@](O)(C(=C)C(=O)O)C[C@H]12. The first-order chi connectivity index (χ1) is 8.28. The summed E-state index contributed by atoms with van der Waals surface area (Å²) in [5.74, 6) is -0.872. The van der Waals surface area contributed by atoms with Crippen LogP contribution < -0.4 is 0 Å². The Morgan fingerprint density at radius 1 is 1.39 bits per heavy atom. The summed E-state index contributed by atoms with van der Waals surface area (Å²) in [7, 11) is 0. The fourth-order valence-corrected chi connectivity index (χ4v) is 3.66. The first-order valence-electron chi connectivity index (χ1n) is 6.61. The van der Waals surface area contributed by atoms with E-state index in [1.807, 2.05) is 0 Å². The van der Waals surface area contributed by atoms with Gasteiger partial charge in [-0.3, -0.25) is 0 Å². The van der Waals surface area contributed by atoms with E-state index in [0.29, 0.717) is 12.8 Å². The van der Waals surface area contributed by atoms with Crippen LogP contribution in [0.4, 0.5) is 0 Å². The highest BCUT2D eigenvalue weighted by molar-refractivity contribution is 5.88. The first-order valence-corrected chi connectivity index (χ1v) is 6.61. The van der Waals surface area contributed by atoms with Crippen molar-refractivity contribution in [3.8, 4) is 0 Å². The van der Waals surface area contributed by atoms with Crippen molar-refractivity contribution in [1.29, 1.82) is 0 Å². The van der Waals surface area contributed by atoms with E-state index in [4.69, 9.17) is 5.11 Å². The molecule has 3 atom stereocenters. The van der Waals surface area contributed by atoms with Gasteiger partial charge in [-0.25, -0.2) is 4.79 Å². The summed E-state index contributed by atoms with van der Waals surface area (Å²) in [4.78, 5) is 11.0. The highest BCUT2D eigenvalue weighted by Gasteiger charge is 2.50. The summed E-state index contributed by atoms with van der Waals surface area (Å²) in [5, 5.41) is 19.6. The van der Waals surface area contributed by atoms with Gasteiger partial charge in [-0.05, 0) is 49.9 Å². The van der Waals surface area contributed by atoms with Gasteiger partial charge >= 0.3 is 5.97 Å². The lowest BCUT2D eigenvalue weighted by Crippen LogP contribution is -2.48. The Balaban J connectivity index is 2.25. The normalized spacial score (nSPS) is 40.1. The lowest BCUT2D eigenvalue weighted by atomic mass is 9.55. The molecule has 0 radical (unpaired) electrons. The van der Waals surface area contributed by atoms with Crippen LogP contribution >= 0.6 is 0 Å². The Kier molecular flexibility index (Phi) is 3.14. The van der Waals surface area contributed by atoms with Crippen molar-refractivity contribution < 1.29 is 15.0 Å². The number of rotatable bonds is 2. The largest absolute Gasteiger partial charge is 0.478 e. The molecule has 0 amide bonds. The predicted molar refractivity (Wildman–Crippen MR) is 70.2 cm³/mol. The molecule has 3 heteroatoms. The standard InChI is InChI=1S/C15H22O3/c1-10-5-4-6-14(3)7-8-15(18,9-12(10)14)11(2)13(16)17/h12,18H,1-2,4-9H2,3H3,(H,16,17)/t12-,14+,15-/m1/s1. The minimum absolute atomic E-state index is 0.0667. The van der Waals surface area contributed by atoms with E-state index in [2.05, 4.69) is 20.1 Å². The maximum absolute atomic E-state index is 11.0. The van der Waals surface area contributed by atoms with E-state index < -0.39 is 11.6 Å². The van der Waals surface area contributed by atoms with Crippen LogP contribution in [0.15, 0.2) is 24.3 Å². The van der Waals surface area contributed by atoms with Crippen molar-refractivity contribution in [2.24, 2.45) is 11.3 Å². The molecule has 2 saturated carbocycles. The molecule has 0 bridgehead atoms. The molecule has 2 rings (SSSR count). The van der Waals surface area contributed by atoms with E-state index in [-0.39, 0.29) is 16.9 Å². The number of carboxylic acids is 1. The number of aliphatic hydroxyl groups is 1. The van der Waals surface area contributed by atoms with E-state index >= 15 is 0 Å². The predicted octanol–water partition coefficient (Wildman–Crippen LogP) is 2.90. The number of allylic oxidation sites excluding steroid dienone is 1. The first kappa shape index (κ1) is 13.3. The van der Waals surface area contributed by atoms with Gasteiger partial charge in [-0.1, -0.05) is 25.7 Å². The van der Waals surface area contributed by atoms with Gasteiger partial charge in [0.25, 0.3) is 0 Å². The molecule has 0 saturated heterocycles. The second-order valence-electron chi connectivity index (χ2n) is 6.24. The smallest absolute Gasteiger partial charge is 0.333 e. The fraction of sp³-hybridized carbons (Fsp3) is 0.667. The number of carboxylic acid groups (broad SMARTS) is 1. The summed E-state index contributed by atoms with van der Waals surface area (Å²) in [6, 6.07) is 0. The third-order valence-electron chi connectivity index (χ3n) is 5.05. The molecule has 0 heterocycles. The summed E-state index contributed by atoms with van der Waals surface area (Å²) in [6.07, 6.45) is 5.11. The molecular formula is C15H22O3. The second-order valence-corrected chi connectivity index (χ2v) is 6.24. The molecule has 3 nitrogen and oxygen atoms in total. The van der Waals surface area contributed by atoms with Crippen molar-refractivity contribution in [3.63, 3.8) is 0 Å². The molecule has 18 heavy (non-hydrogen) atoms. The second kappa shape index (κ2) is 4.23. The quantitative estimate of drug-likeness (QED) is 0.585. The van der Waals surface area contributed by atoms with Gasteiger partial charge in [0.15, 0.2) is 0 Å². The molecule has 0 aliphatic heterocycles. The van der Waals surface area contributed by atoms with Crippen molar-refractivity contribution in [2.75, 3.05) is 0 Å². The number of carbonyl (C=O) groups is 1. The molecule has 2 fully saturated rings. The number of fused-ring (bicyclic) bond motifs is 1. The zero-order valence-corrected chi connectivity index (χ0v) is 11.0. The molecule has 2 aliphatic carbocycles. The summed E-state index contributed by atoms with van der Waals surface area (Å²) in [6.45, 7) is 9.92. The maximum atomic E-state index is 11.0. The molecule has 0 unspecified atom stereocenters. The van der Waals surface area contributed by atoms with Crippen molar-refractivity contribution >= 4 is 5.97 Å². The Morgan fingerprint density at radius 3 is 2.67 bits per heavy atom. The summed E-state index contributed by atoms with van der Waals surface area (Å²) < 4.78 is 0. The van der Waals surface area contributed by atoms with Crippen LogP contribution in [0.2, 0.25) is 0 Å². The highest BCUT2D eigenvalue weighted by Crippen LogP contribution is 2.55. The Bertz CT molecular complexity index is 412. The third-order valence-corrected chi connectivity index (χ3v) is 5.05. The molecule has 0 aromatic carbocycles. The zero-order chi connectivity index (χ0) is 13.6. The maximum Gasteiger partial charge on any atom is 0.333 e. The van der Waals surface area contributed by atoms with Crippen molar-refractivity contribution in [1.82, 2.24) is 0 Å². The number of hydrogen-bond donors (Lipinski definition) is 2. The average molecular weight is 250 g/mol. The van der Waals surface area contributed by atoms with Gasteiger partial charge in [-0.2, -0.15) is 0 Å². The van der Waals surface area contributed by atoms with Gasteiger partial charge in [0.1, 0.15) is 0 Å². The molecule has 0 aromatic heterocycles. The highest BCUT2D eigenvalue weighted by atomic mass is 16.4. The van der Waals surface area contributed by atoms with Gasteiger partial charge < -0.3 is 10.2 Å². The summed E-state index contributed by atoms with van der Waals surface area (Å²) >= 11 is 0. The molecule has 2 N–H and O–H groups in total. The number of aliphatic carboxylic acids is 1. The fourth-order valence-electron chi connectivity index (χ4n) is 3.66. The van der Waals surface area contributed by atoms with Gasteiger partial charge in [0.05, 0.1) is 11.2 Å². The Hall–Kier alpha value is -1.09. The van der Waals surface area contributed by atoms with Crippen LogP contribution in [0.25, 0.3) is 0 Å². The minimum atomic E-state index is -1.25. The zero-order valence-electron chi connectivity index (χ0n) is 11.0. The van der Waals surface area contributed by atoms with Crippen LogP contribution in [-0.2, 0) is 4.79 Å². The van der Waals surface area contributed by atoms with Crippen LogP contribution in [0.3, 0.4) is 0 Å². The van der Waals surface area contributed by atoms with Crippen LogP contribution in [-0.4, -0.2) is 21.8 Å². The van der Waals surface area contributed by atoms with E-state index in [1.165, 1.54) is 5.57 Å². The van der Waals surface area contributed by atoms with Crippen LogP contribution in [0.1, 0.15) is 45.4 Å². The van der Waals surface area contributed by atoms with E-state index in [9.17, 15) is 9.90 Å². The van der Waals surface area contributed by atoms with Crippen LogP contribution in [0.5, 0.6) is 0 Å². The Morgan fingerprint density at radius 2 is 2.06 bits per heavy atom. The average Bonchev–Trinajstić information content (AvgIpc) is 2.30. The van der Waals surface area contributed by atoms with Gasteiger partial charge in [0, 0.05) is 0 Å². The van der Waals surface area contributed by atoms with E-state index in [0.717, 1.165) is 25.7 Å². The topological polar surface area (TPSA) is 57.5 Å². The minimum Gasteiger partial charge on any atom is -0.478 e. The van der Waals surface area contributed by atoms with Crippen molar-refractivity contribution in [2.45, 2.75) is 51.0 Å².